The predicted molar refractivity (Wildman–Crippen MR) is 62.1 cm³/mol. The van der Waals surface area contributed by atoms with E-state index in [0.29, 0.717) is 5.92 Å². The molecule has 1 aromatic rings. The van der Waals surface area contributed by atoms with Gasteiger partial charge < -0.3 is 9.64 Å². The number of hydrogen-bond donors (Lipinski definition) is 0. The molecule has 1 unspecified atom stereocenters. The van der Waals surface area contributed by atoms with E-state index in [0.717, 1.165) is 38.2 Å². The first-order valence-electron chi connectivity index (χ1n) is 5.77. The Morgan fingerprint density at radius 1 is 1.44 bits per heavy atom. The van der Waals surface area contributed by atoms with E-state index in [1.807, 2.05) is 12.1 Å². The number of halogens is 1. The van der Waals surface area contributed by atoms with Crippen LogP contribution >= 0.6 is 0 Å². The Morgan fingerprint density at radius 3 is 3.00 bits per heavy atom. The molecular formula is C13H18FNO. The molecule has 0 aromatic heterocycles. The van der Waals surface area contributed by atoms with Crippen LogP contribution < -0.4 is 0 Å². The molecule has 1 saturated heterocycles. The summed E-state index contributed by atoms with van der Waals surface area (Å²) in [5, 5.41) is 0. The molecule has 0 saturated carbocycles. The summed E-state index contributed by atoms with van der Waals surface area (Å²) in [5.41, 5.74) is 0.863. The quantitative estimate of drug-likeness (QED) is 0.776. The smallest absolute Gasteiger partial charge is 0.126 e. The first kappa shape index (κ1) is 11.6. The highest BCUT2D eigenvalue weighted by Crippen LogP contribution is 2.28. The zero-order valence-corrected chi connectivity index (χ0v) is 9.66. The number of likely N-dealkylation sites (tertiary alicyclic amines) is 1. The maximum Gasteiger partial charge on any atom is 0.126 e. The van der Waals surface area contributed by atoms with Crippen molar-refractivity contribution >= 4 is 0 Å². The monoisotopic (exact) mass is 223 g/mol. The van der Waals surface area contributed by atoms with Crippen molar-refractivity contribution < 1.29 is 9.13 Å². The fraction of sp³-hybridized carbons (Fsp3) is 0.538. The molecule has 1 heterocycles. The minimum atomic E-state index is -0.0684. The molecule has 1 atom stereocenters. The van der Waals surface area contributed by atoms with Crippen molar-refractivity contribution in [1.82, 2.24) is 4.90 Å². The van der Waals surface area contributed by atoms with Crippen molar-refractivity contribution in [1.29, 1.82) is 0 Å². The molecule has 1 aromatic carbocycles. The summed E-state index contributed by atoms with van der Waals surface area (Å²) < 4.78 is 18.6. The molecule has 0 amide bonds. The highest BCUT2D eigenvalue weighted by molar-refractivity contribution is 5.23. The van der Waals surface area contributed by atoms with Crippen LogP contribution in [-0.2, 0) is 4.74 Å². The predicted octanol–water partition coefficient (Wildman–Crippen LogP) is 2.26. The van der Waals surface area contributed by atoms with Crippen LogP contribution in [0.25, 0.3) is 0 Å². The van der Waals surface area contributed by atoms with Gasteiger partial charge in [-0.15, -0.1) is 0 Å². The fourth-order valence-electron chi connectivity index (χ4n) is 2.32. The normalized spacial score (nSPS) is 21.5. The van der Waals surface area contributed by atoms with Crippen LogP contribution in [0.5, 0.6) is 0 Å². The molecule has 2 nitrogen and oxygen atoms in total. The van der Waals surface area contributed by atoms with E-state index in [1.165, 1.54) is 0 Å². The molecule has 1 aliphatic heterocycles. The maximum absolute atomic E-state index is 13.6. The highest BCUT2D eigenvalue weighted by atomic mass is 19.1. The van der Waals surface area contributed by atoms with Gasteiger partial charge in [0.1, 0.15) is 5.82 Å². The lowest BCUT2D eigenvalue weighted by Crippen LogP contribution is -2.24. The van der Waals surface area contributed by atoms with Gasteiger partial charge in [-0.1, -0.05) is 18.2 Å². The maximum atomic E-state index is 13.6. The van der Waals surface area contributed by atoms with Crippen molar-refractivity contribution in [2.75, 3.05) is 33.4 Å². The Kier molecular flexibility index (Phi) is 3.91. The Bertz CT molecular complexity index is 342. The van der Waals surface area contributed by atoms with Gasteiger partial charge in [-0.05, 0) is 24.6 Å². The zero-order chi connectivity index (χ0) is 11.4. The minimum Gasteiger partial charge on any atom is -0.383 e. The van der Waals surface area contributed by atoms with E-state index in [2.05, 4.69) is 4.90 Å². The average Bonchev–Trinajstić information content (AvgIpc) is 2.75. The number of rotatable bonds is 4. The second-order valence-electron chi connectivity index (χ2n) is 4.30. The molecular weight excluding hydrogens is 205 g/mol. The molecule has 0 bridgehead atoms. The molecule has 1 fully saturated rings. The molecule has 0 spiro atoms. The van der Waals surface area contributed by atoms with Crippen LogP contribution in [0.1, 0.15) is 17.9 Å². The lowest BCUT2D eigenvalue weighted by atomic mass is 9.98. The summed E-state index contributed by atoms with van der Waals surface area (Å²) in [6.45, 7) is 3.69. The van der Waals surface area contributed by atoms with E-state index in [4.69, 9.17) is 4.74 Å². The van der Waals surface area contributed by atoms with Crippen molar-refractivity contribution in [2.24, 2.45) is 0 Å². The van der Waals surface area contributed by atoms with Gasteiger partial charge >= 0.3 is 0 Å². The molecule has 0 aliphatic carbocycles. The van der Waals surface area contributed by atoms with E-state index in [9.17, 15) is 4.39 Å². The molecule has 88 valence electrons. The van der Waals surface area contributed by atoms with E-state index in [1.54, 1.807) is 19.2 Å². The van der Waals surface area contributed by atoms with Crippen molar-refractivity contribution in [3.05, 3.63) is 35.6 Å². The van der Waals surface area contributed by atoms with Gasteiger partial charge in [0.05, 0.1) is 6.61 Å². The van der Waals surface area contributed by atoms with Crippen molar-refractivity contribution in [2.45, 2.75) is 12.3 Å². The number of methoxy groups -OCH3 is 1. The van der Waals surface area contributed by atoms with Gasteiger partial charge in [-0.25, -0.2) is 4.39 Å². The van der Waals surface area contributed by atoms with Crippen LogP contribution in [0.3, 0.4) is 0 Å². The van der Waals surface area contributed by atoms with E-state index < -0.39 is 0 Å². The van der Waals surface area contributed by atoms with Crippen LogP contribution in [0.4, 0.5) is 4.39 Å². The molecule has 0 N–H and O–H groups in total. The molecule has 16 heavy (non-hydrogen) atoms. The summed E-state index contributed by atoms with van der Waals surface area (Å²) in [4.78, 5) is 2.33. The first-order valence-corrected chi connectivity index (χ1v) is 5.77. The largest absolute Gasteiger partial charge is 0.383 e. The summed E-state index contributed by atoms with van der Waals surface area (Å²) in [5.74, 6) is 0.277. The summed E-state index contributed by atoms with van der Waals surface area (Å²) >= 11 is 0. The van der Waals surface area contributed by atoms with Gasteiger partial charge in [0, 0.05) is 26.1 Å². The fourth-order valence-corrected chi connectivity index (χ4v) is 2.32. The highest BCUT2D eigenvalue weighted by Gasteiger charge is 2.25. The molecule has 3 heteroatoms. The number of benzene rings is 1. The Morgan fingerprint density at radius 2 is 2.25 bits per heavy atom. The number of hydrogen-bond acceptors (Lipinski definition) is 2. The van der Waals surface area contributed by atoms with Crippen molar-refractivity contribution in [3.8, 4) is 0 Å². The second-order valence-corrected chi connectivity index (χ2v) is 4.30. The lowest BCUT2D eigenvalue weighted by Gasteiger charge is -2.15. The minimum absolute atomic E-state index is 0.0684. The van der Waals surface area contributed by atoms with Crippen molar-refractivity contribution in [3.63, 3.8) is 0 Å². The summed E-state index contributed by atoms with van der Waals surface area (Å²) in [6.07, 6.45) is 1.05. The SMILES string of the molecule is COCCN1CCC(c2ccccc2F)C1. The first-order chi connectivity index (χ1) is 7.81. The molecule has 2 rings (SSSR count). The zero-order valence-electron chi connectivity index (χ0n) is 9.66. The molecule has 1 aliphatic rings. The topological polar surface area (TPSA) is 12.5 Å². The third-order valence-corrected chi connectivity index (χ3v) is 3.23. The van der Waals surface area contributed by atoms with Gasteiger partial charge in [0.15, 0.2) is 0 Å². The van der Waals surface area contributed by atoms with Crippen LogP contribution in [0.2, 0.25) is 0 Å². The van der Waals surface area contributed by atoms with Gasteiger partial charge in [-0.2, -0.15) is 0 Å². The third kappa shape index (κ3) is 2.60. The third-order valence-electron chi connectivity index (χ3n) is 3.23. The van der Waals surface area contributed by atoms with Gasteiger partial charge in [-0.3, -0.25) is 0 Å². The average molecular weight is 223 g/mol. The Balaban J connectivity index is 1.96. The number of ether oxygens (including phenoxy) is 1. The Hall–Kier alpha value is -0.930. The summed E-state index contributed by atoms with van der Waals surface area (Å²) in [7, 11) is 1.71. The van der Waals surface area contributed by atoms with E-state index >= 15 is 0 Å². The van der Waals surface area contributed by atoms with Crippen LogP contribution in [0, 0.1) is 5.82 Å². The lowest BCUT2D eigenvalue weighted by molar-refractivity contribution is 0.160. The van der Waals surface area contributed by atoms with Crippen LogP contribution in [-0.4, -0.2) is 38.3 Å². The molecule has 0 radical (unpaired) electrons. The van der Waals surface area contributed by atoms with Crippen LogP contribution in [0.15, 0.2) is 24.3 Å². The summed E-state index contributed by atoms with van der Waals surface area (Å²) in [6, 6.07) is 7.11. The van der Waals surface area contributed by atoms with E-state index in [-0.39, 0.29) is 5.82 Å². The second kappa shape index (κ2) is 5.41. The van der Waals surface area contributed by atoms with Gasteiger partial charge in [0.25, 0.3) is 0 Å². The number of nitrogens with zero attached hydrogens (tertiary/aromatic N) is 1. The van der Waals surface area contributed by atoms with Gasteiger partial charge in [0.2, 0.25) is 0 Å². The standard InChI is InChI=1S/C13H18FNO/c1-16-9-8-15-7-6-11(10-15)12-4-2-3-5-13(12)14/h2-5,11H,6-10H2,1H3. The Labute approximate surface area is 96.0 Å².